The van der Waals surface area contributed by atoms with Crippen molar-refractivity contribution >= 4 is 11.9 Å². The Morgan fingerprint density at radius 2 is 1.74 bits per heavy atom. The number of rotatable bonds is 5. The Balaban J connectivity index is 1.49. The maximum atomic E-state index is 11.7. The molecule has 0 aromatic carbocycles. The van der Waals surface area contributed by atoms with E-state index in [0.717, 1.165) is 31.1 Å². The highest BCUT2D eigenvalue weighted by atomic mass is 16.5. The molecule has 0 amide bonds. The Bertz CT molecular complexity index is 729. The summed E-state index contributed by atoms with van der Waals surface area (Å²) in [5.41, 5.74) is 0.727. The number of carbonyl (C=O) groups is 2. The maximum Gasteiger partial charge on any atom is 0.305 e. The fraction of sp³-hybridized carbons (Fsp3) is 0.852. The van der Waals surface area contributed by atoms with Crippen LogP contribution in [-0.2, 0) is 19.1 Å². The second-order valence-corrected chi connectivity index (χ2v) is 11.6. The van der Waals surface area contributed by atoms with Gasteiger partial charge in [0.1, 0.15) is 6.10 Å². The van der Waals surface area contributed by atoms with Crippen LogP contribution in [0.3, 0.4) is 0 Å². The van der Waals surface area contributed by atoms with E-state index in [0.29, 0.717) is 40.9 Å². The predicted octanol–water partition coefficient (Wildman–Crippen LogP) is 5.94. The third kappa shape index (κ3) is 3.97. The number of carbonyl (C=O) groups excluding carboxylic acids is 2. The summed E-state index contributed by atoms with van der Waals surface area (Å²) in [6.07, 6.45) is 15.1. The zero-order valence-electron chi connectivity index (χ0n) is 20.2. The van der Waals surface area contributed by atoms with Gasteiger partial charge >= 0.3 is 11.9 Å². The molecule has 9 atom stereocenters. The van der Waals surface area contributed by atoms with Crippen molar-refractivity contribution in [2.24, 2.45) is 46.3 Å². The highest BCUT2D eigenvalue weighted by molar-refractivity contribution is 5.69. The van der Waals surface area contributed by atoms with Gasteiger partial charge in [0.15, 0.2) is 0 Å². The topological polar surface area (TPSA) is 52.6 Å². The molecule has 0 aromatic heterocycles. The first-order valence-electron chi connectivity index (χ1n) is 12.6. The van der Waals surface area contributed by atoms with Crippen molar-refractivity contribution < 1.29 is 19.1 Å². The molecule has 0 aliphatic heterocycles. The fourth-order valence-corrected chi connectivity index (χ4v) is 8.55. The van der Waals surface area contributed by atoms with Crippen molar-refractivity contribution in [3.63, 3.8) is 0 Å². The van der Waals surface area contributed by atoms with Crippen LogP contribution in [0.4, 0.5) is 0 Å². The van der Waals surface area contributed by atoms with Crippen LogP contribution in [-0.4, -0.2) is 25.2 Å². The summed E-state index contributed by atoms with van der Waals surface area (Å²) in [4.78, 5) is 23.1. The molecular formula is C27H42O4. The van der Waals surface area contributed by atoms with Crippen LogP contribution in [0.1, 0.15) is 85.5 Å². The van der Waals surface area contributed by atoms with E-state index in [1.54, 1.807) is 0 Å². The molecule has 0 aromatic rings. The van der Waals surface area contributed by atoms with Gasteiger partial charge in [-0.1, -0.05) is 32.9 Å². The highest BCUT2D eigenvalue weighted by Crippen LogP contribution is 2.67. The van der Waals surface area contributed by atoms with Crippen molar-refractivity contribution in [1.82, 2.24) is 0 Å². The molecule has 31 heavy (non-hydrogen) atoms. The van der Waals surface area contributed by atoms with Crippen LogP contribution in [0.2, 0.25) is 0 Å². The Labute approximate surface area is 188 Å². The molecule has 0 spiro atoms. The molecule has 0 heterocycles. The van der Waals surface area contributed by atoms with Crippen molar-refractivity contribution in [2.45, 2.75) is 91.6 Å². The van der Waals surface area contributed by atoms with Crippen LogP contribution in [0.25, 0.3) is 0 Å². The standard InChI is InChI=1S/C27H42O4/c1-17(6-11-25(29)30-5)22-9-10-23-21-8-7-19-16-20(31-18(2)28)12-14-26(19,3)24(21)13-15-27(22,23)4/h7-8,17,19-24H,6,9-16H2,1-5H3/t17-,19+,20+,21-,22+,23-,24-,26-,27+/m0/s1. The number of hydrogen-bond donors (Lipinski definition) is 0. The molecule has 0 saturated heterocycles. The number of fused-ring (bicyclic) bond motifs is 5. The smallest absolute Gasteiger partial charge is 0.305 e. The second-order valence-electron chi connectivity index (χ2n) is 11.6. The largest absolute Gasteiger partial charge is 0.469 e. The molecule has 0 N–H and O–H groups in total. The minimum atomic E-state index is -0.141. The Hall–Kier alpha value is -1.32. The second kappa shape index (κ2) is 8.56. The third-order valence-electron chi connectivity index (χ3n) is 10.2. The summed E-state index contributed by atoms with van der Waals surface area (Å²) >= 11 is 0. The molecule has 174 valence electrons. The Morgan fingerprint density at radius 3 is 2.45 bits per heavy atom. The average molecular weight is 431 g/mol. The molecule has 0 bridgehead atoms. The van der Waals surface area contributed by atoms with Crippen molar-refractivity contribution in [2.75, 3.05) is 7.11 Å². The van der Waals surface area contributed by atoms with Crippen LogP contribution in [0.5, 0.6) is 0 Å². The number of hydrogen-bond acceptors (Lipinski definition) is 4. The summed E-state index contributed by atoms with van der Waals surface area (Å²) in [5.74, 6) is 3.80. The molecule has 4 aliphatic rings. The first-order valence-corrected chi connectivity index (χ1v) is 12.6. The third-order valence-corrected chi connectivity index (χ3v) is 10.2. The molecule has 3 saturated carbocycles. The fourth-order valence-electron chi connectivity index (χ4n) is 8.55. The summed E-state index contributed by atoms with van der Waals surface area (Å²) in [7, 11) is 1.49. The maximum absolute atomic E-state index is 11.7. The van der Waals surface area contributed by atoms with Gasteiger partial charge in [-0.05, 0) is 97.7 Å². The van der Waals surface area contributed by atoms with E-state index in [4.69, 9.17) is 9.47 Å². The zero-order valence-corrected chi connectivity index (χ0v) is 20.2. The van der Waals surface area contributed by atoms with Crippen LogP contribution in [0.15, 0.2) is 12.2 Å². The van der Waals surface area contributed by atoms with E-state index in [9.17, 15) is 9.59 Å². The summed E-state index contributed by atoms with van der Waals surface area (Å²) in [6, 6.07) is 0. The van der Waals surface area contributed by atoms with Crippen molar-refractivity contribution in [3.05, 3.63) is 12.2 Å². The van der Waals surface area contributed by atoms with E-state index < -0.39 is 0 Å². The molecule has 4 aliphatic carbocycles. The Kier molecular flexibility index (Phi) is 6.31. The predicted molar refractivity (Wildman–Crippen MR) is 121 cm³/mol. The van der Waals surface area contributed by atoms with E-state index >= 15 is 0 Å². The molecule has 4 heteroatoms. The van der Waals surface area contributed by atoms with E-state index in [1.807, 2.05) is 0 Å². The minimum Gasteiger partial charge on any atom is -0.469 e. The van der Waals surface area contributed by atoms with Gasteiger partial charge in [-0.3, -0.25) is 9.59 Å². The normalized spacial score (nSPS) is 44.5. The average Bonchev–Trinajstić information content (AvgIpc) is 3.09. The zero-order chi connectivity index (χ0) is 22.4. The number of esters is 2. The lowest BCUT2D eigenvalue weighted by Crippen LogP contribution is -2.52. The van der Waals surface area contributed by atoms with Gasteiger partial charge in [-0.25, -0.2) is 0 Å². The lowest BCUT2D eigenvalue weighted by Gasteiger charge is -2.59. The van der Waals surface area contributed by atoms with Gasteiger partial charge in [0.2, 0.25) is 0 Å². The van der Waals surface area contributed by atoms with Gasteiger partial charge in [-0.2, -0.15) is 0 Å². The van der Waals surface area contributed by atoms with Gasteiger partial charge < -0.3 is 9.47 Å². The van der Waals surface area contributed by atoms with Crippen LogP contribution < -0.4 is 0 Å². The van der Waals surface area contributed by atoms with E-state index in [1.165, 1.54) is 46.1 Å². The van der Waals surface area contributed by atoms with Crippen LogP contribution >= 0.6 is 0 Å². The minimum absolute atomic E-state index is 0.0752. The van der Waals surface area contributed by atoms with Crippen LogP contribution in [0, 0.1) is 46.3 Å². The lowest BCUT2D eigenvalue weighted by atomic mass is 9.46. The molecule has 0 radical (unpaired) electrons. The molecule has 3 fully saturated rings. The Morgan fingerprint density at radius 1 is 1.03 bits per heavy atom. The summed E-state index contributed by atoms with van der Waals surface area (Å²) < 4.78 is 10.5. The molecule has 0 unspecified atom stereocenters. The SMILES string of the molecule is COC(=O)CC[C@H](C)[C@H]1CC[C@H]2[C@@H]3C=C[C@@H]4C[C@H](OC(C)=O)CC[C@]4(C)[C@H]3CC[C@]12C. The first kappa shape index (κ1) is 22.9. The van der Waals surface area contributed by atoms with E-state index in [2.05, 4.69) is 32.9 Å². The van der Waals surface area contributed by atoms with Crippen molar-refractivity contribution in [3.8, 4) is 0 Å². The monoisotopic (exact) mass is 430 g/mol. The quantitative estimate of drug-likeness (QED) is 0.400. The van der Waals surface area contributed by atoms with Gasteiger partial charge in [0.25, 0.3) is 0 Å². The number of allylic oxidation sites excluding steroid dienone is 2. The first-order chi connectivity index (χ1) is 14.7. The number of ether oxygens (including phenoxy) is 2. The van der Waals surface area contributed by atoms with Crippen molar-refractivity contribution in [1.29, 1.82) is 0 Å². The highest BCUT2D eigenvalue weighted by Gasteiger charge is 2.59. The van der Waals surface area contributed by atoms with Gasteiger partial charge in [0, 0.05) is 13.3 Å². The molecule has 4 rings (SSSR count). The lowest BCUT2D eigenvalue weighted by molar-refractivity contribution is -0.153. The van der Waals surface area contributed by atoms with Gasteiger partial charge in [0.05, 0.1) is 7.11 Å². The summed E-state index contributed by atoms with van der Waals surface area (Å²) in [5, 5.41) is 0. The van der Waals surface area contributed by atoms with Gasteiger partial charge in [-0.15, -0.1) is 0 Å². The van der Waals surface area contributed by atoms with E-state index in [-0.39, 0.29) is 18.0 Å². The molecular weight excluding hydrogens is 388 g/mol. The molecule has 4 nitrogen and oxygen atoms in total. The summed E-state index contributed by atoms with van der Waals surface area (Å²) in [6.45, 7) is 8.97. The number of methoxy groups -OCH3 is 1.